The molecule has 0 fully saturated rings. The van der Waals surface area contributed by atoms with E-state index < -0.39 is 0 Å². The molecule has 0 unspecified atom stereocenters. The van der Waals surface area contributed by atoms with E-state index in [1.54, 1.807) is 29.4 Å². The number of benzene rings is 2. The summed E-state index contributed by atoms with van der Waals surface area (Å²) in [5.41, 5.74) is 3.18. The summed E-state index contributed by atoms with van der Waals surface area (Å²) >= 11 is 3.30. The van der Waals surface area contributed by atoms with E-state index in [-0.39, 0.29) is 0 Å². The van der Waals surface area contributed by atoms with Crippen LogP contribution in [0.2, 0.25) is 0 Å². The van der Waals surface area contributed by atoms with Crippen LogP contribution in [0.5, 0.6) is 0 Å². The zero-order valence-electron chi connectivity index (χ0n) is 15.4. The second-order valence-electron chi connectivity index (χ2n) is 6.48. The summed E-state index contributed by atoms with van der Waals surface area (Å²) in [5, 5.41) is 4.00. The van der Waals surface area contributed by atoms with Crippen LogP contribution in [0.1, 0.15) is 10.4 Å². The second kappa shape index (κ2) is 6.96. The fraction of sp³-hybridized carbons (Fsp3) is 0.0909. The molecule has 0 atom stereocenters. The highest BCUT2D eigenvalue weighted by atomic mass is 32.2. The maximum absolute atomic E-state index is 4.90. The minimum Gasteiger partial charge on any atom is -0.229 e. The molecule has 0 aliphatic carbocycles. The Morgan fingerprint density at radius 2 is 1.61 bits per heavy atom. The predicted octanol–water partition coefficient (Wildman–Crippen LogP) is 6.07. The van der Waals surface area contributed by atoms with Gasteiger partial charge in [-0.25, -0.2) is 19.9 Å². The molecule has 0 aliphatic heterocycles. The molecule has 3 aromatic heterocycles. The normalized spacial score (nSPS) is 11.4. The minimum atomic E-state index is 0.727. The highest BCUT2D eigenvalue weighted by molar-refractivity contribution is 7.99. The molecule has 5 rings (SSSR count). The van der Waals surface area contributed by atoms with E-state index in [0.717, 1.165) is 42.6 Å². The predicted molar refractivity (Wildman–Crippen MR) is 116 cm³/mol. The SMILES string of the molecule is Cc1sc2ncnc(Sc3nc(-c4ccccc4)nc4ccccc34)c2c1C. The molecular weight excluding hydrogens is 384 g/mol. The first kappa shape index (κ1) is 17.3. The van der Waals surface area contributed by atoms with Gasteiger partial charge in [-0.3, -0.25) is 0 Å². The lowest BCUT2D eigenvalue weighted by atomic mass is 10.2. The number of thiophene rings is 1. The summed E-state index contributed by atoms with van der Waals surface area (Å²) < 4.78 is 0. The Morgan fingerprint density at radius 3 is 2.46 bits per heavy atom. The smallest absolute Gasteiger partial charge is 0.161 e. The topological polar surface area (TPSA) is 51.6 Å². The third kappa shape index (κ3) is 2.95. The molecule has 28 heavy (non-hydrogen) atoms. The van der Waals surface area contributed by atoms with Gasteiger partial charge < -0.3 is 0 Å². The fourth-order valence-electron chi connectivity index (χ4n) is 3.16. The van der Waals surface area contributed by atoms with Gasteiger partial charge in [-0.15, -0.1) is 11.3 Å². The van der Waals surface area contributed by atoms with Crippen LogP contribution < -0.4 is 0 Å². The lowest BCUT2D eigenvalue weighted by molar-refractivity contribution is 1.08. The Kier molecular flexibility index (Phi) is 4.30. The molecule has 0 bridgehead atoms. The third-order valence-electron chi connectivity index (χ3n) is 4.72. The Morgan fingerprint density at radius 1 is 0.821 bits per heavy atom. The molecule has 0 saturated carbocycles. The molecule has 0 aliphatic rings. The summed E-state index contributed by atoms with van der Waals surface area (Å²) in [7, 11) is 0. The first-order valence-corrected chi connectivity index (χ1v) is 10.5. The monoisotopic (exact) mass is 400 g/mol. The molecule has 136 valence electrons. The highest BCUT2D eigenvalue weighted by Crippen LogP contribution is 2.39. The van der Waals surface area contributed by atoms with Crippen molar-refractivity contribution >= 4 is 44.2 Å². The second-order valence-corrected chi connectivity index (χ2v) is 8.66. The van der Waals surface area contributed by atoms with Gasteiger partial charge in [0.2, 0.25) is 0 Å². The van der Waals surface area contributed by atoms with E-state index in [4.69, 9.17) is 9.97 Å². The number of fused-ring (bicyclic) bond motifs is 2. The quantitative estimate of drug-likeness (QED) is 0.344. The fourth-order valence-corrected chi connectivity index (χ4v) is 5.27. The lowest BCUT2D eigenvalue weighted by Crippen LogP contribution is -1.94. The molecule has 0 amide bonds. The van der Waals surface area contributed by atoms with Crippen LogP contribution in [0, 0.1) is 13.8 Å². The van der Waals surface area contributed by atoms with Gasteiger partial charge in [0, 0.05) is 21.2 Å². The van der Waals surface area contributed by atoms with Crippen molar-refractivity contribution in [3.05, 3.63) is 71.4 Å². The Bertz CT molecular complexity index is 1310. The van der Waals surface area contributed by atoms with E-state index in [2.05, 4.69) is 29.9 Å². The number of para-hydroxylation sites is 1. The number of hydrogen-bond donors (Lipinski definition) is 0. The maximum Gasteiger partial charge on any atom is 0.161 e. The van der Waals surface area contributed by atoms with Crippen molar-refractivity contribution in [3.8, 4) is 11.4 Å². The molecule has 0 saturated heterocycles. The summed E-state index contributed by atoms with van der Waals surface area (Å²) in [6.45, 7) is 4.26. The average molecular weight is 401 g/mol. The zero-order valence-corrected chi connectivity index (χ0v) is 17.0. The number of nitrogens with zero attached hydrogens (tertiary/aromatic N) is 4. The number of aromatic nitrogens is 4. The van der Waals surface area contributed by atoms with Crippen LogP contribution in [-0.4, -0.2) is 19.9 Å². The van der Waals surface area contributed by atoms with Gasteiger partial charge in [-0.2, -0.15) is 0 Å². The van der Waals surface area contributed by atoms with Crippen LogP contribution >= 0.6 is 23.1 Å². The van der Waals surface area contributed by atoms with Crippen molar-refractivity contribution < 1.29 is 0 Å². The molecular formula is C22H16N4S2. The molecule has 0 spiro atoms. The van der Waals surface area contributed by atoms with Crippen LogP contribution in [-0.2, 0) is 0 Å². The molecule has 6 heteroatoms. The van der Waals surface area contributed by atoms with Gasteiger partial charge in [0.25, 0.3) is 0 Å². The van der Waals surface area contributed by atoms with Crippen molar-refractivity contribution in [2.75, 3.05) is 0 Å². The Labute approximate surface area is 170 Å². The number of rotatable bonds is 3. The maximum atomic E-state index is 4.90. The van der Waals surface area contributed by atoms with Gasteiger partial charge in [0.05, 0.1) is 5.52 Å². The molecule has 3 heterocycles. The van der Waals surface area contributed by atoms with Crippen LogP contribution in [0.3, 0.4) is 0 Å². The zero-order chi connectivity index (χ0) is 19.1. The van der Waals surface area contributed by atoms with Gasteiger partial charge in [-0.1, -0.05) is 48.5 Å². The van der Waals surface area contributed by atoms with Gasteiger partial charge >= 0.3 is 0 Å². The lowest BCUT2D eigenvalue weighted by Gasteiger charge is -2.09. The van der Waals surface area contributed by atoms with Crippen molar-refractivity contribution in [3.63, 3.8) is 0 Å². The highest BCUT2D eigenvalue weighted by Gasteiger charge is 2.16. The third-order valence-corrected chi connectivity index (χ3v) is 6.85. The standard InChI is InChI=1S/C22H16N4S2/c1-13-14(2)27-21-18(13)22(24-12-23-21)28-20-16-10-6-7-11-17(16)25-19(26-20)15-8-4-3-5-9-15/h3-12H,1-2H3. The average Bonchev–Trinajstić information content (AvgIpc) is 3.03. The van der Waals surface area contributed by atoms with E-state index in [9.17, 15) is 0 Å². The van der Waals surface area contributed by atoms with E-state index >= 15 is 0 Å². The minimum absolute atomic E-state index is 0.727. The Hall–Kier alpha value is -2.83. The summed E-state index contributed by atoms with van der Waals surface area (Å²) in [4.78, 5) is 21.0. The first-order valence-electron chi connectivity index (χ1n) is 8.91. The summed E-state index contributed by atoms with van der Waals surface area (Å²) in [5.74, 6) is 0.727. The first-order chi connectivity index (χ1) is 13.7. The van der Waals surface area contributed by atoms with Crippen LogP contribution in [0.25, 0.3) is 32.5 Å². The number of hydrogen-bond acceptors (Lipinski definition) is 6. The largest absolute Gasteiger partial charge is 0.229 e. The van der Waals surface area contributed by atoms with Gasteiger partial charge in [-0.05, 0) is 37.2 Å². The van der Waals surface area contributed by atoms with Gasteiger partial charge in [0.15, 0.2) is 5.82 Å². The Balaban J connectivity index is 1.71. The summed E-state index contributed by atoms with van der Waals surface area (Å²) in [6.07, 6.45) is 1.64. The molecule has 5 aromatic rings. The van der Waals surface area contributed by atoms with Crippen LogP contribution in [0.4, 0.5) is 0 Å². The van der Waals surface area contributed by atoms with Crippen LogP contribution in [0.15, 0.2) is 71.0 Å². The van der Waals surface area contributed by atoms with Gasteiger partial charge in [0.1, 0.15) is 21.2 Å². The number of aryl methyl sites for hydroxylation is 2. The summed E-state index contributed by atoms with van der Waals surface area (Å²) in [6, 6.07) is 18.2. The molecule has 0 radical (unpaired) electrons. The van der Waals surface area contributed by atoms with Crippen molar-refractivity contribution in [1.29, 1.82) is 0 Å². The molecule has 4 nitrogen and oxygen atoms in total. The molecule has 2 aromatic carbocycles. The van der Waals surface area contributed by atoms with E-state index in [1.165, 1.54) is 10.4 Å². The van der Waals surface area contributed by atoms with E-state index in [0.29, 0.717) is 0 Å². The van der Waals surface area contributed by atoms with Crippen molar-refractivity contribution in [1.82, 2.24) is 19.9 Å². The van der Waals surface area contributed by atoms with Crippen molar-refractivity contribution in [2.24, 2.45) is 0 Å². The van der Waals surface area contributed by atoms with Crippen molar-refractivity contribution in [2.45, 2.75) is 23.9 Å². The molecule has 0 N–H and O–H groups in total. The van der Waals surface area contributed by atoms with E-state index in [1.807, 2.05) is 48.5 Å².